The van der Waals surface area contributed by atoms with Crippen molar-refractivity contribution in [3.8, 4) is 28.7 Å². The summed E-state index contributed by atoms with van der Waals surface area (Å²) < 4.78 is 27.6. The third kappa shape index (κ3) is 3.20. The lowest BCUT2D eigenvalue weighted by Crippen LogP contribution is -2.40. The van der Waals surface area contributed by atoms with E-state index in [0.717, 1.165) is 16.7 Å². The Morgan fingerprint density at radius 1 is 0.969 bits per heavy atom. The van der Waals surface area contributed by atoms with Gasteiger partial charge in [0.05, 0.1) is 26.7 Å². The molecule has 0 spiro atoms. The molecular formula is C23H26ClNO7. The first-order chi connectivity index (χ1) is 14.9. The van der Waals surface area contributed by atoms with Gasteiger partial charge in [-0.25, -0.2) is 0 Å². The number of cyclic esters (lactones) is 1. The van der Waals surface area contributed by atoms with Crippen LogP contribution in [0.2, 0.25) is 0 Å². The van der Waals surface area contributed by atoms with E-state index < -0.39 is 0 Å². The van der Waals surface area contributed by atoms with Crippen molar-refractivity contribution >= 4 is 18.4 Å². The van der Waals surface area contributed by atoms with E-state index >= 15 is 0 Å². The minimum atomic E-state index is -0.390. The van der Waals surface area contributed by atoms with Crippen LogP contribution in [0.25, 0.3) is 0 Å². The molecule has 0 aromatic heterocycles. The van der Waals surface area contributed by atoms with Crippen LogP contribution in [0.3, 0.4) is 0 Å². The molecule has 9 heteroatoms. The largest absolute Gasteiger partial charge is 0.502 e. The molecule has 2 aliphatic heterocycles. The number of hydrogen-bond donors (Lipinski definition) is 1. The molecule has 2 heterocycles. The van der Waals surface area contributed by atoms with Crippen LogP contribution in [0.4, 0.5) is 0 Å². The van der Waals surface area contributed by atoms with Gasteiger partial charge in [-0.2, -0.15) is 0 Å². The fourth-order valence-corrected chi connectivity index (χ4v) is 5.29. The second-order valence-electron chi connectivity index (χ2n) is 8.31. The molecule has 8 nitrogen and oxygen atoms in total. The van der Waals surface area contributed by atoms with Crippen molar-refractivity contribution in [3.63, 3.8) is 0 Å². The molecule has 0 unspecified atom stereocenters. The highest BCUT2D eigenvalue weighted by atomic mass is 35.5. The number of esters is 1. The fourth-order valence-electron chi connectivity index (χ4n) is 5.29. The topological polar surface area (TPSA) is 86.7 Å². The zero-order chi connectivity index (χ0) is 21.9. The minimum absolute atomic E-state index is 0. The molecule has 2 aromatic rings. The Labute approximate surface area is 192 Å². The van der Waals surface area contributed by atoms with Gasteiger partial charge in [-0.15, -0.1) is 12.4 Å². The summed E-state index contributed by atoms with van der Waals surface area (Å²) in [4.78, 5) is 15.1. The molecule has 0 saturated carbocycles. The van der Waals surface area contributed by atoms with Gasteiger partial charge in [0.25, 0.3) is 0 Å². The molecular weight excluding hydrogens is 438 g/mol. The van der Waals surface area contributed by atoms with Gasteiger partial charge in [0.2, 0.25) is 12.5 Å². The Morgan fingerprint density at radius 3 is 2.12 bits per heavy atom. The first kappa shape index (κ1) is 22.4. The van der Waals surface area contributed by atoms with Crippen molar-refractivity contribution in [2.45, 2.75) is 12.0 Å². The first-order valence-corrected chi connectivity index (χ1v) is 10.2. The van der Waals surface area contributed by atoms with Gasteiger partial charge < -0.3 is 33.7 Å². The van der Waals surface area contributed by atoms with Crippen LogP contribution in [-0.4, -0.2) is 57.7 Å². The van der Waals surface area contributed by atoms with Gasteiger partial charge in [-0.3, -0.25) is 4.79 Å². The molecule has 32 heavy (non-hydrogen) atoms. The number of carbonyl (C=O) groups is 1. The van der Waals surface area contributed by atoms with Gasteiger partial charge in [-0.05, 0) is 55.1 Å². The molecule has 1 aliphatic carbocycles. The summed E-state index contributed by atoms with van der Waals surface area (Å²) in [7, 11) is 6.98. The SMILES string of the molecule is COc1cc([C@@H]2c3cc4c(cc3[C@@H](N(C)C)[C@H]3COC(=O)[C@H]23)OCO4)cc(OC)c1O.Cl. The average molecular weight is 464 g/mol. The summed E-state index contributed by atoms with van der Waals surface area (Å²) in [5.41, 5.74) is 2.85. The molecule has 1 saturated heterocycles. The lowest BCUT2D eigenvalue weighted by Gasteiger charge is -2.42. The number of phenolic OH excluding ortho intramolecular Hbond substituents is 1. The van der Waals surface area contributed by atoms with Crippen molar-refractivity contribution in [1.29, 1.82) is 0 Å². The minimum Gasteiger partial charge on any atom is -0.502 e. The maximum Gasteiger partial charge on any atom is 0.310 e. The maximum atomic E-state index is 13.0. The summed E-state index contributed by atoms with van der Waals surface area (Å²) in [6, 6.07) is 7.49. The van der Waals surface area contributed by atoms with E-state index in [2.05, 4.69) is 4.90 Å². The first-order valence-electron chi connectivity index (χ1n) is 10.2. The van der Waals surface area contributed by atoms with E-state index in [1.165, 1.54) is 14.2 Å². The summed E-state index contributed by atoms with van der Waals surface area (Å²) >= 11 is 0. The summed E-state index contributed by atoms with van der Waals surface area (Å²) in [6.45, 7) is 0.522. The summed E-state index contributed by atoms with van der Waals surface area (Å²) in [5.74, 6) is 0.888. The van der Waals surface area contributed by atoms with E-state index in [1.807, 2.05) is 26.2 Å². The van der Waals surface area contributed by atoms with E-state index in [1.54, 1.807) is 12.1 Å². The number of aromatic hydroxyl groups is 1. The van der Waals surface area contributed by atoms with Crippen molar-refractivity contribution in [2.75, 3.05) is 41.7 Å². The maximum absolute atomic E-state index is 13.0. The Bertz CT molecular complexity index is 1030. The number of rotatable bonds is 4. The molecule has 172 valence electrons. The second-order valence-corrected chi connectivity index (χ2v) is 8.31. The summed E-state index contributed by atoms with van der Waals surface area (Å²) in [5, 5.41) is 10.4. The monoisotopic (exact) mass is 463 g/mol. The predicted octanol–water partition coefficient (Wildman–Crippen LogP) is 3.10. The lowest BCUT2D eigenvalue weighted by molar-refractivity contribution is -0.141. The molecule has 0 bridgehead atoms. The molecule has 5 rings (SSSR count). The number of ether oxygens (including phenoxy) is 5. The van der Waals surface area contributed by atoms with Crippen LogP contribution >= 0.6 is 12.4 Å². The molecule has 0 radical (unpaired) electrons. The number of carbonyl (C=O) groups excluding carboxylic acids is 1. The molecule has 3 aliphatic rings. The second kappa shape index (κ2) is 8.26. The highest BCUT2D eigenvalue weighted by molar-refractivity contribution is 5.85. The molecule has 2 aromatic carbocycles. The Kier molecular flexibility index (Phi) is 5.77. The standard InChI is InChI=1S/C23H25NO7.ClH/c1-24(2)21-13-8-16-15(30-10-31-16)7-12(13)19(20-14(21)9-29-23(20)26)11-5-17(27-3)22(25)18(6-11)28-4;/h5-8,14,19-21,25H,9-10H2,1-4H3;1H/t14-,19+,20-,21+;/m0./s1. The number of benzene rings is 2. The number of fused-ring (bicyclic) bond motifs is 3. The zero-order valence-corrected chi connectivity index (χ0v) is 19.1. The zero-order valence-electron chi connectivity index (χ0n) is 18.3. The molecule has 0 amide bonds. The van der Waals surface area contributed by atoms with Crippen LogP contribution in [0.15, 0.2) is 24.3 Å². The number of phenols is 1. The van der Waals surface area contributed by atoms with Gasteiger partial charge in [0.15, 0.2) is 23.0 Å². The quantitative estimate of drug-likeness (QED) is 0.692. The molecule has 1 fully saturated rings. The Morgan fingerprint density at radius 2 is 1.56 bits per heavy atom. The van der Waals surface area contributed by atoms with Gasteiger partial charge in [0.1, 0.15) is 0 Å². The van der Waals surface area contributed by atoms with Gasteiger partial charge in [-0.1, -0.05) is 0 Å². The average Bonchev–Trinajstić information content (AvgIpc) is 3.37. The van der Waals surface area contributed by atoms with Gasteiger partial charge >= 0.3 is 5.97 Å². The van der Waals surface area contributed by atoms with E-state index in [4.69, 9.17) is 23.7 Å². The summed E-state index contributed by atoms with van der Waals surface area (Å²) in [6.07, 6.45) is 0. The number of methoxy groups -OCH3 is 2. The number of nitrogens with zero attached hydrogens (tertiary/aromatic N) is 1. The Hall–Kier alpha value is -2.84. The van der Waals surface area contributed by atoms with Crippen molar-refractivity contribution in [3.05, 3.63) is 41.0 Å². The van der Waals surface area contributed by atoms with Crippen LogP contribution in [0, 0.1) is 11.8 Å². The normalized spacial score (nSPS) is 25.0. The van der Waals surface area contributed by atoms with E-state index in [-0.39, 0.29) is 66.2 Å². The highest BCUT2D eigenvalue weighted by Crippen LogP contribution is 2.56. The van der Waals surface area contributed by atoms with Crippen molar-refractivity contribution < 1.29 is 33.6 Å². The van der Waals surface area contributed by atoms with Crippen LogP contribution in [0.5, 0.6) is 28.7 Å². The van der Waals surface area contributed by atoms with Crippen molar-refractivity contribution in [1.82, 2.24) is 4.90 Å². The van der Waals surface area contributed by atoms with E-state index in [9.17, 15) is 9.90 Å². The van der Waals surface area contributed by atoms with Crippen LogP contribution in [-0.2, 0) is 9.53 Å². The van der Waals surface area contributed by atoms with Crippen molar-refractivity contribution in [2.24, 2.45) is 11.8 Å². The van der Waals surface area contributed by atoms with Crippen LogP contribution in [0.1, 0.15) is 28.7 Å². The lowest BCUT2D eigenvalue weighted by atomic mass is 9.65. The van der Waals surface area contributed by atoms with E-state index in [0.29, 0.717) is 18.1 Å². The molecule has 1 N–H and O–H groups in total. The third-order valence-electron chi connectivity index (χ3n) is 6.57. The highest BCUT2D eigenvalue weighted by Gasteiger charge is 2.53. The molecule has 4 atom stereocenters. The number of hydrogen-bond acceptors (Lipinski definition) is 8. The predicted molar refractivity (Wildman–Crippen MR) is 117 cm³/mol. The third-order valence-corrected chi connectivity index (χ3v) is 6.57. The Balaban J connectivity index is 0.00000245. The van der Waals surface area contributed by atoms with Crippen LogP contribution < -0.4 is 18.9 Å². The fraction of sp³-hybridized carbons (Fsp3) is 0.435. The van der Waals surface area contributed by atoms with Gasteiger partial charge in [0, 0.05) is 17.9 Å². The number of halogens is 1. The smallest absolute Gasteiger partial charge is 0.310 e.